The van der Waals surface area contributed by atoms with Gasteiger partial charge in [0.25, 0.3) is 0 Å². The van der Waals surface area contributed by atoms with Gasteiger partial charge in [-0.3, -0.25) is 5.32 Å². The van der Waals surface area contributed by atoms with E-state index >= 15 is 0 Å². The highest BCUT2D eigenvalue weighted by atomic mass is 16.6. The van der Waals surface area contributed by atoms with Gasteiger partial charge in [0.2, 0.25) is 5.95 Å². The molecule has 38 heavy (non-hydrogen) atoms. The van der Waals surface area contributed by atoms with E-state index in [2.05, 4.69) is 58.4 Å². The number of rotatable bonds is 6. The first-order valence-corrected chi connectivity index (χ1v) is 12.9. The van der Waals surface area contributed by atoms with E-state index in [4.69, 9.17) is 14.2 Å². The summed E-state index contributed by atoms with van der Waals surface area (Å²) in [6, 6.07) is 17.7. The Morgan fingerprint density at radius 3 is 2.37 bits per heavy atom. The Balaban J connectivity index is 1.17. The van der Waals surface area contributed by atoms with Crippen LogP contribution in [0.15, 0.2) is 60.8 Å². The minimum Gasteiger partial charge on any atom is -0.441 e. The van der Waals surface area contributed by atoms with Crippen molar-refractivity contribution in [3.05, 3.63) is 66.4 Å². The molecule has 0 aliphatic carbocycles. The molecule has 0 radical (unpaired) electrons. The lowest BCUT2D eigenvalue weighted by Gasteiger charge is -2.20. The maximum atomic E-state index is 12.6. The number of nitrogens with one attached hydrogen (secondary N) is 2. The third-order valence-electron chi connectivity index (χ3n) is 6.91. The maximum Gasteiger partial charge on any atom is 0.412 e. The quantitative estimate of drug-likeness (QED) is 0.486. The smallest absolute Gasteiger partial charge is 0.412 e. The highest BCUT2D eigenvalue weighted by molar-refractivity contribution is 5.84. The Kier molecular flexibility index (Phi) is 7.23. The van der Waals surface area contributed by atoms with E-state index in [1.165, 1.54) is 5.56 Å². The molecule has 2 aliphatic heterocycles. The van der Waals surface area contributed by atoms with Gasteiger partial charge in [-0.1, -0.05) is 45.0 Å². The average Bonchev–Trinajstić information content (AvgIpc) is 3.47. The highest BCUT2D eigenvalue weighted by Crippen LogP contribution is 2.31. The number of anilines is 3. The molecular weight excluding hydrogens is 482 g/mol. The number of benzene rings is 2. The normalized spacial score (nSPS) is 22.6. The number of nitrogens with zero attached hydrogens (tertiary/aromatic N) is 3. The third-order valence-corrected chi connectivity index (χ3v) is 6.91. The summed E-state index contributed by atoms with van der Waals surface area (Å²) in [7, 11) is 4.02. The number of carbonyl (C=O) groups excluding carboxylic acids is 1. The van der Waals surface area contributed by atoms with Gasteiger partial charge in [-0.2, -0.15) is 0 Å². The van der Waals surface area contributed by atoms with E-state index < -0.39 is 12.2 Å². The fourth-order valence-electron chi connectivity index (χ4n) is 4.71. The van der Waals surface area contributed by atoms with Gasteiger partial charge in [0.1, 0.15) is 12.2 Å². The SMILES string of the molecule is CN(C)c1ccc(-c2ccnc(N[C@H]3CO[C@H]4[C@@H]3OC[C@H]4OC(=O)Nc3ccc(C(C)(C)C)cc3)n2)cc1. The summed E-state index contributed by atoms with van der Waals surface area (Å²) in [5, 5.41) is 6.15. The summed E-state index contributed by atoms with van der Waals surface area (Å²) in [5.41, 5.74) is 4.87. The van der Waals surface area contributed by atoms with Gasteiger partial charge in [0, 0.05) is 37.2 Å². The Morgan fingerprint density at radius 1 is 0.974 bits per heavy atom. The lowest BCUT2D eigenvalue weighted by molar-refractivity contribution is 0.00917. The number of fused-ring (bicyclic) bond motifs is 1. The molecule has 0 unspecified atom stereocenters. The number of carbonyl (C=O) groups is 1. The monoisotopic (exact) mass is 517 g/mol. The van der Waals surface area contributed by atoms with Crippen LogP contribution in [0.5, 0.6) is 0 Å². The molecule has 9 heteroatoms. The van der Waals surface area contributed by atoms with Crippen LogP contribution in [0.25, 0.3) is 11.3 Å². The lowest BCUT2D eigenvalue weighted by Crippen LogP contribution is -2.38. The summed E-state index contributed by atoms with van der Waals surface area (Å²) in [4.78, 5) is 23.7. The van der Waals surface area contributed by atoms with Gasteiger partial charge in [-0.25, -0.2) is 14.8 Å². The molecule has 0 saturated carbocycles. The molecule has 1 amide bonds. The molecule has 2 aromatic carbocycles. The van der Waals surface area contributed by atoms with Crippen molar-refractivity contribution in [2.45, 2.75) is 50.5 Å². The summed E-state index contributed by atoms with van der Waals surface area (Å²) >= 11 is 0. The van der Waals surface area contributed by atoms with Crippen LogP contribution >= 0.6 is 0 Å². The van der Waals surface area contributed by atoms with Crippen LogP contribution in [0.4, 0.5) is 22.1 Å². The molecule has 0 spiro atoms. The zero-order chi connectivity index (χ0) is 26.9. The molecule has 3 aromatic rings. The zero-order valence-electron chi connectivity index (χ0n) is 22.5. The van der Waals surface area contributed by atoms with Crippen molar-refractivity contribution in [1.82, 2.24) is 9.97 Å². The van der Waals surface area contributed by atoms with Crippen LogP contribution in [0.1, 0.15) is 26.3 Å². The molecule has 1 aromatic heterocycles. The van der Waals surface area contributed by atoms with Crippen LogP contribution < -0.4 is 15.5 Å². The summed E-state index contributed by atoms with van der Waals surface area (Å²) < 4.78 is 17.6. The molecule has 200 valence electrons. The average molecular weight is 518 g/mol. The van der Waals surface area contributed by atoms with Crippen molar-refractivity contribution in [2.24, 2.45) is 0 Å². The van der Waals surface area contributed by atoms with E-state index in [9.17, 15) is 4.79 Å². The number of hydrogen-bond acceptors (Lipinski definition) is 8. The van der Waals surface area contributed by atoms with Crippen molar-refractivity contribution in [3.63, 3.8) is 0 Å². The van der Waals surface area contributed by atoms with E-state index in [1.807, 2.05) is 56.6 Å². The fraction of sp³-hybridized carbons (Fsp3) is 0.414. The molecule has 4 atom stereocenters. The molecule has 2 N–H and O–H groups in total. The maximum absolute atomic E-state index is 12.6. The second-order valence-corrected chi connectivity index (χ2v) is 10.9. The lowest BCUT2D eigenvalue weighted by atomic mass is 9.87. The van der Waals surface area contributed by atoms with Crippen LogP contribution in [-0.2, 0) is 19.6 Å². The first kappa shape index (κ1) is 25.9. The van der Waals surface area contributed by atoms with Crippen molar-refractivity contribution < 1.29 is 19.0 Å². The van der Waals surface area contributed by atoms with Crippen molar-refractivity contribution in [2.75, 3.05) is 42.8 Å². The highest BCUT2D eigenvalue weighted by Gasteiger charge is 2.49. The van der Waals surface area contributed by atoms with Crippen molar-refractivity contribution in [3.8, 4) is 11.3 Å². The predicted octanol–water partition coefficient (Wildman–Crippen LogP) is 4.70. The molecular formula is C29H35N5O4. The minimum absolute atomic E-state index is 0.0452. The first-order valence-electron chi connectivity index (χ1n) is 12.9. The summed E-state index contributed by atoms with van der Waals surface area (Å²) in [6.45, 7) is 7.11. The van der Waals surface area contributed by atoms with Gasteiger partial charge in [0.05, 0.1) is 24.9 Å². The fourth-order valence-corrected chi connectivity index (χ4v) is 4.71. The van der Waals surface area contributed by atoms with E-state index in [0.29, 0.717) is 18.2 Å². The molecule has 2 aliphatic rings. The van der Waals surface area contributed by atoms with Gasteiger partial charge in [-0.05, 0) is 41.3 Å². The summed E-state index contributed by atoms with van der Waals surface area (Å²) in [5.74, 6) is 0.498. The van der Waals surface area contributed by atoms with E-state index in [-0.39, 0.29) is 30.3 Å². The van der Waals surface area contributed by atoms with Crippen LogP contribution in [0.3, 0.4) is 0 Å². The number of aromatic nitrogens is 2. The molecule has 5 rings (SSSR count). The Bertz CT molecular complexity index is 1260. The van der Waals surface area contributed by atoms with Crippen LogP contribution in [-0.4, -0.2) is 67.7 Å². The molecule has 0 bridgehead atoms. The molecule has 3 heterocycles. The van der Waals surface area contributed by atoms with Gasteiger partial charge < -0.3 is 24.4 Å². The largest absolute Gasteiger partial charge is 0.441 e. The number of amides is 1. The number of hydrogen-bond donors (Lipinski definition) is 2. The number of ether oxygens (including phenoxy) is 3. The Labute approximate surface area is 223 Å². The zero-order valence-corrected chi connectivity index (χ0v) is 22.5. The van der Waals surface area contributed by atoms with E-state index in [0.717, 1.165) is 16.9 Å². The molecule has 9 nitrogen and oxygen atoms in total. The van der Waals surface area contributed by atoms with E-state index in [1.54, 1.807) is 6.20 Å². The van der Waals surface area contributed by atoms with Crippen molar-refractivity contribution in [1.29, 1.82) is 0 Å². The van der Waals surface area contributed by atoms with Gasteiger partial charge in [0.15, 0.2) is 6.10 Å². The first-order chi connectivity index (χ1) is 18.2. The second-order valence-electron chi connectivity index (χ2n) is 10.9. The molecule has 2 fully saturated rings. The van der Waals surface area contributed by atoms with Gasteiger partial charge in [-0.15, -0.1) is 0 Å². The molecule has 2 saturated heterocycles. The Morgan fingerprint density at radius 2 is 1.68 bits per heavy atom. The third kappa shape index (κ3) is 5.74. The van der Waals surface area contributed by atoms with Crippen molar-refractivity contribution >= 4 is 23.4 Å². The Hall–Kier alpha value is -3.69. The van der Waals surface area contributed by atoms with Crippen LogP contribution in [0.2, 0.25) is 0 Å². The summed E-state index contributed by atoms with van der Waals surface area (Å²) in [6.07, 6.45) is 0.0772. The second kappa shape index (κ2) is 10.6. The minimum atomic E-state index is -0.529. The van der Waals surface area contributed by atoms with Crippen LogP contribution in [0, 0.1) is 0 Å². The topological polar surface area (TPSA) is 97.8 Å². The predicted molar refractivity (Wildman–Crippen MR) is 148 cm³/mol. The standard InChI is InChI=1S/C29H35N5O4/c1-29(2,3)19-8-10-20(11-9-19)31-28(35)38-24-17-37-25-23(16-36-26(24)25)33-27-30-15-14-22(32-27)18-6-12-21(13-7-18)34(4)5/h6-15,23-26H,16-17H2,1-5H3,(H,31,35)(H,30,32,33)/t23-,24+,25+,26+/m0/s1. The van der Waals surface area contributed by atoms with Gasteiger partial charge >= 0.3 is 6.09 Å².